The minimum atomic E-state index is -0.465. The number of phenolic OH excluding ortho intramolecular Hbond substituents is 1. The van der Waals surface area contributed by atoms with Crippen LogP contribution >= 0.6 is 11.6 Å². The number of halogens is 1. The minimum absolute atomic E-state index is 0.0897. The van der Waals surface area contributed by atoms with Gasteiger partial charge in [0, 0.05) is 0 Å². The number of rotatable bonds is 2. The molecule has 0 aliphatic rings. The molecule has 18 heavy (non-hydrogen) atoms. The number of carbonyl (C=O) groups excluding carboxylic acids is 1. The average molecular weight is 264 g/mol. The first kappa shape index (κ1) is 12.3. The fourth-order valence-electron chi connectivity index (χ4n) is 1.42. The molecule has 1 aromatic heterocycles. The van der Waals surface area contributed by atoms with Crippen molar-refractivity contribution in [2.24, 2.45) is 0 Å². The van der Waals surface area contributed by atoms with Crippen molar-refractivity contribution in [3.05, 3.63) is 46.9 Å². The lowest BCUT2D eigenvalue weighted by atomic mass is 10.1. The predicted octanol–water partition coefficient (Wildman–Crippen LogP) is 2.40. The molecule has 6 heteroatoms. The van der Waals surface area contributed by atoms with E-state index in [-0.39, 0.29) is 22.3 Å². The second-order valence-corrected chi connectivity index (χ2v) is 4.09. The lowest BCUT2D eigenvalue weighted by Gasteiger charge is -2.06. The molecule has 0 aliphatic carbocycles. The number of hydrogen-bond acceptors (Lipinski definition) is 4. The summed E-state index contributed by atoms with van der Waals surface area (Å²) >= 11 is 5.66. The smallest absolute Gasteiger partial charge is 0.260 e. The Labute approximate surface area is 108 Å². The van der Waals surface area contributed by atoms with E-state index in [9.17, 15) is 9.90 Å². The Morgan fingerprint density at radius 3 is 2.89 bits per heavy atom. The van der Waals surface area contributed by atoms with Gasteiger partial charge in [0.15, 0.2) is 5.82 Å². The van der Waals surface area contributed by atoms with Gasteiger partial charge < -0.3 is 10.4 Å². The van der Waals surface area contributed by atoms with Crippen LogP contribution in [0.2, 0.25) is 5.15 Å². The van der Waals surface area contributed by atoms with Crippen LogP contribution in [0.15, 0.2) is 30.6 Å². The van der Waals surface area contributed by atoms with E-state index < -0.39 is 5.91 Å². The first-order chi connectivity index (χ1) is 8.56. The first-order valence-electron chi connectivity index (χ1n) is 5.15. The lowest BCUT2D eigenvalue weighted by Crippen LogP contribution is -2.13. The fourth-order valence-corrected chi connectivity index (χ4v) is 1.57. The Bertz CT molecular complexity index is 602. The number of amides is 1. The van der Waals surface area contributed by atoms with Gasteiger partial charge in [-0.3, -0.25) is 9.78 Å². The van der Waals surface area contributed by atoms with Crippen LogP contribution in [0.4, 0.5) is 5.82 Å². The number of hydrogen-bond donors (Lipinski definition) is 2. The van der Waals surface area contributed by atoms with Crippen molar-refractivity contribution in [2.45, 2.75) is 6.92 Å². The van der Waals surface area contributed by atoms with Gasteiger partial charge in [0.25, 0.3) is 5.91 Å². The van der Waals surface area contributed by atoms with Gasteiger partial charge in [0.2, 0.25) is 0 Å². The van der Waals surface area contributed by atoms with Gasteiger partial charge in [0.1, 0.15) is 10.9 Å². The van der Waals surface area contributed by atoms with Crippen molar-refractivity contribution >= 4 is 23.3 Å². The summed E-state index contributed by atoms with van der Waals surface area (Å²) in [6.07, 6.45) is 2.73. The van der Waals surface area contributed by atoms with E-state index in [4.69, 9.17) is 11.6 Å². The molecule has 0 bridgehead atoms. The van der Waals surface area contributed by atoms with Crippen molar-refractivity contribution in [2.75, 3.05) is 5.32 Å². The van der Waals surface area contributed by atoms with Crippen LogP contribution in [0.3, 0.4) is 0 Å². The normalized spacial score (nSPS) is 10.1. The van der Waals surface area contributed by atoms with Crippen LogP contribution in [-0.2, 0) is 0 Å². The molecule has 0 spiro atoms. The summed E-state index contributed by atoms with van der Waals surface area (Å²) in [6, 6.07) is 4.77. The zero-order chi connectivity index (χ0) is 13.1. The van der Waals surface area contributed by atoms with E-state index in [2.05, 4.69) is 15.3 Å². The zero-order valence-electron chi connectivity index (χ0n) is 9.51. The molecule has 92 valence electrons. The molecule has 0 unspecified atom stereocenters. The Morgan fingerprint density at radius 2 is 2.17 bits per heavy atom. The van der Waals surface area contributed by atoms with Crippen LogP contribution in [0.25, 0.3) is 0 Å². The van der Waals surface area contributed by atoms with Crippen molar-refractivity contribution in [1.29, 1.82) is 0 Å². The summed E-state index contributed by atoms with van der Waals surface area (Å²) in [5.41, 5.74) is 1.05. The van der Waals surface area contributed by atoms with Crippen LogP contribution in [-0.4, -0.2) is 21.0 Å². The molecule has 0 radical (unpaired) electrons. The molecule has 1 amide bonds. The fraction of sp³-hybridized carbons (Fsp3) is 0.0833. The third-order valence-corrected chi connectivity index (χ3v) is 2.43. The highest BCUT2D eigenvalue weighted by atomic mass is 35.5. The first-order valence-corrected chi connectivity index (χ1v) is 5.52. The maximum absolute atomic E-state index is 11.9. The number of aromatic hydroxyl groups is 1. The summed E-state index contributed by atoms with van der Waals surface area (Å²) in [5.74, 6) is -0.325. The summed E-state index contributed by atoms with van der Waals surface area (Å²) in [5, 5.41) is 12.3. The number of nitrogens with one attached hydrogen (secondary N) is 1. The van der Waals surface area contributed by atoms with Gasteiger partial charge in [-0.25, -0.2) is 4.98 Å². The number of nitrogens with zero attached hydrogens (tertiary/aromatic N) is 2. The van der Waals surface area contributed by atoms with Gasteiger partial charge in [-0.05, 0) is 19.1 Å². The van der Waals surface area contributed by atoms with E-state index in [1.54, 1.807) is 12.1 Å². The summed E-state index contributed by atoms with van der Waals surface area (Å²) in [4.78, 5) is 19.6. The van der Waals surface area contributed by atoms with Crippen molar-refractivity contribution in [3.8, 4) is 5.75 Å². The highest BCUT2D eigenvalue weighted by Gasteiger charge is 2.12. The van der Waals surface area contributed by atoms with Crippen LogP contribution in [0.1, 0.15) is 15.9 Å². The van der Waals surface area contributed by atoms with Crippen LogP contribution < -0.4 is 5.32 Å². The number of phenols is 1. The number of aryl methyl sites for hydroxylation is 1. The van der Waals surface area contributed by atoms with E-state index in [0.29, 0.717) is 0 Å². The number of aromatic nitrogens is 2. The summed E-state index contributed by atoms with van der Waals surface area (Å²) in [6.45, 7) is 1.83. The SMILES string of the molecule is Cc1ccc(O)c(C(=O)Nc2cncc(Cl)n2)c1. The molecule has 0 aliphatic heterocycles. The molecule has 5 nitrogen and oxygen atoms in total. The van der Waals surface area contributed by atoms with Crippen LogP contribution in [0.5, 0.6) is 5.75 Å². The lowest BCUT2D eigenvalue weighted by molar-refractivity contribution is 0.102. The number of anilines is 1. The van der Waals surface area contributed by atoms with Crippen LogP contribution in [0, 0.1) is 6.92 Å². The second kappa shape index (κ2) is 5.01. The molecule has 0 atom stereocenters. The summed E-state index contributed by atoms with van der Waals surface area (Å²) < 4.78 is 0. The predicted molar refractivity (Wildman–Crippen MR) is 67.8 cm³/mol. The number of carbonyl (C=O) groups is 1. The Hall–Kier alpha value is -2.14. The van der Waals surface area contributed by atoms with E-state index >= 15 is 0 Å². The van der Waals surface area contributed by atoms with E-state index in [0.717, 1.165) is 5.56 Å². The molecule has 1 heterocycles. The standard InChI is InChI=1S/C12H10ClN3O2/c1-7-2-3-9(17)8(4-7)12(18)16-11-6-14-5-10(13)15-11/h2-6,17H,1H3,(H,15,16,18). The third-order valence-electron chi connectivity index (χ3n) is 2.24. The maximum Gasteiger partial charge on any atom is 0.260 e. The largest absolute Gasteiger partial charge is 0.507 e. The Balaban J connectivity index is 2.24. The topological polar surface area (TPSA) is 75.1 Å². The zero-order valence-corrected chi connectivity index (χ0v) is 10.3. The molecule has 0 saturated heterocycles. The van der Waals surface area contributed by atoms with E-state index in [1.807, 2.05) is 6.92 Å². The van der Waals surface area contributed by atoms with Gasteiger partial charge in [-0.1, -0.05) is 23.2 Å². The van der Waals surface area contributed by atoms with E-state index in [1.165, 1.54) is 18.5 Å². The Kier molecular flexibility index (Phi) is 3.43. The average Bonchev–Trinajstić information content (AvgIpc) is 2.32. The Morgan fingerprint density at radius 1 is 1.39 bits per heavy atom. The number of benzene rings is 1. The highest BCUT2D eigenvalue weighted by molar-refractivity contribution is 6.29. The van der Waals surface area contributed by atoms with Gasteiger partial charge >= 0.3 is 0 Å². The molecule has 2 aromatic rings. The minimum Gasteiger partial charge on any atom is -0.507 e. The van der Waals surface area contributed by atoms with Crippen molar-refractivity contribution in [3.63, 3.8) is 0 Å². The second-order valence-electron chi connectivity index (χ2n) is 3.70. The highest BCUT2D eigenvalue weighted by Crippen LogP contribution is 2.19. The molecule has 2 N–H and O–H groups in total. The quantitative estimate of drug-likeness (QED) is 0.872. The summed E-state index contributed by atoms with van der Waals surface area (Å²) in [7, 11) is 0. The third kappa shape index (κ3) is 2.75. The molecule has 0 fully saturated rings. The maximum atomic E-state index is 11.9. The van der Waals surface area contributed by atoms with Gasteiger partial charge in [-0.15, -0.1) is 0 Å². The monoisotopic (exact) mass is 263 g/mol. The van der Waals surface area contributed by atoms with Crippen molar-refractivity contribution < 1.29 is 9.90 Å². The molecular weight excluding hydrogens is 254 g/mol. The molecule has 2 rings (SSSR count). The molecular formula is C12H10ClN3O2. The molecule has 1 aromatic carbocycles. The molecule has 0 saturated carbocycles. The van der Waals surface area contributed by atoms with Crippen molar-refractivity contribution in [1.82, 2.24) is 9.97 Å². The van der Waals surface area contributed by atoms with Gasteiger partial charge in [-0.2, -0.15) is 0 Å². The van der Waals surface area contributed by atoms with Gasteiger partial charge in [0.05, 0.1) is 18.0 Å².